The van der Waals surface area contributed by atoms with Crippen LogP contribution in [0.2, 0.25) is 0 Å². The van der Waals surface area contributed by atoms with Gasteiger partial charge >= 0.3 is 0 Å². The molecule has 0 aliphatic rings. The summed E-state index contributed by atoms with van der Waals surface area (Å²) in [6.45, 7) is 3.40. The number of terminal acetylenes is 1. The quantitative estimate of drug-likeness (QED) is 0.653. The van der Waals surface area contributed by atoms with Crippen LogP contribution >= 0.6 is 15.9 Å². The molecule has 4 heteroatoms. The molecule has 1 amide bonds. The van der Waals surface area contributed by atoms with E-state index in [1.165, 1.54) is 0 Å². The maximum Gasteiger partial charge on any atom is 0.267 e. The van der Waals surface area contributed by atoms with E-state index < -0.39 is 0 Å². The van der Waals surface area contributed by atoms with E-state index in [2.05, 4.69) is 27.2 Å². The molecule has 1 rings (SSSR count). The Morgan fingerprint density at radius 1 is 1.69 bits per heavy atom. The van der Waals surface area contributed by atoms with Crippen molar-refractivity contribution in [2.75, 3.05) is 6.54 Å². The van der Waals surface area contributed by atoms with Crippen LogP contribution < -0.4 is 5.32 Å². The van der Waals surface area contributed by atoms with Crippen molar-refractivity contribution in [1.29, 1.82) is 0 Å². The summed E-state index contributed by atoms with van der Waals surface area (Å²) < 4.78 is 2.82. The third-order valence-corrected chi connectivity index (χ3v) is 2.65. The van der Waals surface area contributed by atoms with Crippen LogP contribution in [0.3, 0.4) is 0 Å². The first-order valence-corrected chi connectivity index (χ1v) is 6.05. The zero-order chi connectivity index (χ0) is 12.0. The number of hydrogen-bond acceptors (Lipinski definition) is 1. The van der Waals surface area contributed by atoms with Crippen LogP contribution in [-0.4, -0.2) is 17.0 Å². The molecular formula is C12H15BrN2O. The summed E-state index contributed by atoms with van der Waals surface area (Å²) >= 11 is 3.36. The number of unbranched alkanes of at least 4 members (excludes halogenated alkanes) is 1. The molecule has 0 unspecified atom stereocenters. The van der Waals surface area contributed by atoms with E-state index in [4.69, 9.17) is 6.42 Å². The Hall–Kier alpha value is -1.21. The standard InChI is InChI=1S/C12H15BrN2O/c1-3-5-6-7-14-12(16)11-8-10(13)9-15(11)4-2/h1,8-9H,4-7H2,2H3,(H,14,16). The van der Waals surface area contributed by atoms with Crippen LogP contribution in [0.1, 0.15) is 30.3 Å². The molecule has 0 spiro atoms. The highest BCUT2D eigenvalue weighted by Crippen LogP contribution is 2.14. The van der Waals surface area contributed by atoms with Crippen LogP contribution in [0.4, 0.5) is 0 Å². The van der Waals surface area contributed by atoms with E-state index in [9.17, 15) is 4.79 Å². The number of carbonyl (C=O) groups is 1. The lowest BCUT2D eigenvalue weighted by Gasteiger charge is -2.06. The lowest BCUT2D eigenvalue weighted by atomic mass is 10.3. The normalized spacial score (nSPS) is 9.81. The molecule has 0 aliphatic carbocycles. The molecule has 1 aromatic heterocycles. The first-order chi connectivity index (χ1) is 7.69. The molecule has 0 saturated carbocycles. The minimum atomic E-state index is -0.0513. The number of hydrogen-bond donors (Lipinski definition) is 1. The van der Waals surface area contributed by atoms with Gasteiger partial charge in [0, 0.05) is 30.2 Å². The predicted octanol–water partition coefficient (Wildman–Crippen LogP) is 2.41. The van der Waals surface area contributed by atoms with Gasteiger partial charge in [-0.2, -0.15) is 0 Å². The number of rotatable bonds is 5. The average Bonchev–Trinajstić information content (AvgIpc) is 2.65. The molecule has 0 atom stereocenters. The van der Waals surface area contributed by atoms with E-state index in [-0.39, 0.29) is 5.91 Å². The van der Waals surface area contributed by atoms with Crippen molar-refractivity contribution in [3.63, 3.8) is 0 Å². The number of nitrogens with one attached hydrogen (secondary N) is 1. The Bertz CT molecular complexity index is 404. The molecule has 0 aliphatic heterocycles. The fourth-order valence-electron chi connectivity index (χ4n) is 1.41. The predicted molar refractivity (Wildman–Crippen MR) is 68.2 cm³/mol. The fraction of sp³-hybridized carbons (Fsp3) is 0.417. The van der Waals surface area contributed by atoms with Gasteiger partial charge in [-0.1, -0.05) is 0 Å². The molecule has 0 bridgehead atoms. The Labute approximate surface area is 104 Å². The summed E-state index contributed by atoms with van der Waals surface area (Å²) in [4.78, 5) is 11.8. The van der Waals surface area contributed by atoms with E-state index in [1.54, 1.807) is 0 Å². The van der Waals surface area contributed by atoms with Crippen molar-refractivity contribution in [3.8, 4) is 12.3 Å². The highest BCUT2D eigenvalue weighted by molar-refractivity contribution is 9.10. The first-order valence-electron chi connectivity index (χ1n) is 5.26. The van der Waals surface area contributed by atoms with Gasteiger partial charge in [0.2, 0.25) is 0 Å². The molecule has 0 aromatic carbocycles. The molecular weight excluding hydrogens is 268 g/mol. The Morgan fingerprint density at radius 2 is 2.44 bits per heavy atom. The summed E-state index contributed by atoms with van der Waals surface area (Å²) in [5.74, 6) is 2.49. The van der Waals surface area contributed by atoms with Gasteiger partial charge in [-0.25, -0.2) is 0 Å². The zero-order valence-electron chi connectivity index (χ0n) is 9.29. The molecule has 0 radical (unpaired) electrons. The summed E-state index contributed by atoms with van der Waals surface area (Å²) in [7, 11) is 0. The lowest BCUT2D eigenvalue weighted by Crippen LogP contribution is -2.26. The summed E-state index contributed by atoms with van der Waals surface area (Å²) in [5.41, 5.74) is 0.676. The van der Waals surface area contributed by atoms with Crippen LogP contribution in [0.15, 0.2) is 16.7 Å². The number of aromatic nitrogens is 1. The van der Waals surface area contributed by atoms with E-state index >= 15 is 0 Å². The molecule has 0 saturated heterocycles. The smallest absolute Gasteiger partial charge is 0.267 e. The van der Waals surface area contributed by atoms with Crippen molar-refractivity contribution in [2.24, 2.45) is 0 Å². The number of aryl methyl sites for hydroxylation is 1. The summed E-state index contributed by atoms with van der Waals surface area (Å²) in [5, 5.41) is 2.85. The highest BCUT2D eigenvalue weighted by Gasteiger charge is 2.11. The Morgan fingerprint density at radius 3 is 3.06 bits per heavy atom. The lowest BCUT2D eigenvalue weighted by molar-refractivity contribution is 0.0944. The Balaban J connectivity index is 2.55. The third kappa shape index (κ3) is 3.42. The second-order valence-electron chi connectivity index (χ2n) is 3.39. The van der Waals surface area contributed by atoms with Crippen LogP contribution in [0, 0.1) is 12.3 Å². The van der Waals surface area contributed by atoms with E-state index in [0.29, 0.717) is 18.7 Å². The molecule has 0 fully saturated rings. The van der Waals surface area contributed by atoms with Crippen LogP contribution in [0.25, 0.3) is 0 Å². The van der Waals surface area contributed by atoms with Gasteiger partial charge in [0.1, 0.15) is 5.69 Å². The minimum absolute atomic E-state index is 0.0513. The van der Waals surface area contributed by atoms with Gasteiger partial charge in [0.25, 0.3) is 5.91 Å². The minimum Gasteiger partial charge on any atom is -0.351 e. The zero-order valence-corrected chi connectivity index (χ0v) is 10.9. The maximum atomic E-state index is 11.8. The first kappa shape index (κ1) is 12.9. The second kappa shape index (κ2) is 6.39. The molecule has 3 nitrogen and oxygen atoms in total. The summed E-state index contributed by atoms with van der Waals surface area (Å²) in [6.07, 6.45) is 8.54. The van der Waals surface area contributed by atoms with Gasteiger partial charge in [-0.15, -0.1) is 12.3 Å². The topological polar surface area (TPSA) is 34.0 Å². The molecule has 1 aromatic rings. The number of carbonyl (C=O) groups excluding carboxylic acids is 1. The largest absolute Gasteiger partial charge is 0.351 e. The number of amides is 1. The SMILES string of the molecule is C#CCCCNC(=O)c1cc(Br)cn1CC. The Kier molecular flexibility index (Phi) is 5.13. The second-order valence-corrected chi connectivity index (χ2v) is 4.31. The third-order valence-electron chi connectivity index (χ3n) is 2.22. The van der Waals surface area contributed by atoms with Crippen molar-refractivity contribution in [2.45, 2.75) is 26.3 Å². The van der Waals surface area contributed by atoms with Gasteiger partial charge in [0.05, 0.1) is 0 Å². The summed E-state index contributed by atoms with van der Waals surface area (Å²) in [6, 6.07) is 1.82. The van der Waals surface area contributed by atoms with Gasteiger partial charge in [-0.05, 0) is 35.3 Å². The van der Waals surface area contributed by atoms with E-state index in [0.717, 1.165) is 17.4 Å². The molecule has 86 valence electrons. The van der Waals surface area contributed by atoms with Crippen molar-refractivity contribution in [3.05, 3.63) is 22.4 Å². The number of halogens is 1. The van der Waals surface area contributed by atoms with Crippen LogP contribution in [-0.2, 0) is 6.54 Å². The van der Waals surface area contributed by atoms with Crippen molar-refractivity contribution < 1.29 is 4.79 Å². The monoisotopic (exact) mass is 282 g/mol. The molecule has 1 heterocycles. The fourth-order valence-corrected chi connectivity index (χ4v) is 1.87. The number of nitrogens with zero attached hydrogens (tertiary/aromatic N) is 1. The molecule has 16 heavy (non-hydrogen) atoms. The van der Waals surface area contributed by atoms with E-state index in [1.807, 2.05) is 23.8 Å². The maximum absolute atomic E-state index is 11.8. The van der Waals surface area contributed by atoms with Gasteiger partial charge < -0.3 is 9.88 Å². The van der Waals surface area contributed by atoms with Crippen molar-refractivity contribution in [1.82, 2.24) is 9.88 Å². The van der Waals surface area contributed by atoms with Gasteiger partial charge in [-0.3, -0.25) is 4.79 Å². The van der Waals surface area contributed by atoms with Crippen LogP contribution in [0.5, 0.6) is 0 Å². The highest BCUT2D eigenvalue weighted by atomic mass is 79.9. The van der Waals surface area contributed by atoms with Gasteiger partial charge in [0.15, 0.2) is 0 Å². The molecule has 1 N–H and O–H groups in total. The van der Waals surface area contributed by atoms with Crippen molar-refractivity contribution >= 4 is 21.8 Å². The average molecular weight is 283 g/mol.